The van der Waals surface area contributed by atoms with Crippen molar-refractivity contribution in [2.45, 2.75) is 5.92 Å². The van der Waals surface area contributed by atoms with Crippen LogP contribution in [0.1, 0.15) is 11.8 Å². The molecule has 0 saturated heterocycles. The third-order valence-corrected chi connectivity index (χ3v) is 2.10. The molecule has 1 atom stereocenters. The highest BCUT2D eigenvalue weighted by Crippen LogP contribution is 2.23. The van der Waals surface area contributed by atoms with Crippen molar-refractivity contribution in [3.63, 3.8) is 0 Å². The fourth-order valence-electron chi connectivity index (χ4n) is 1.38. The lowest BCUT2D eigenvalue weighted by molar-refractivity contribution is -0.109. The molecule has 4 nitrogen and oxygen atoms in total. The zero-order valence-corrected chi connectivity index (χ0v) is 8.93. The summed E-state index contributed by atoms with van der Waals surface area (Å²) in [4.78, 5) is 14.4. The van der Waals surface area contributed by atoms with Crippen LogP contribution in [0.15, 0.2) is 53.8 Å². The average molecular weight is 218 g/mol. The van der Waals surface area contributed by atoms with Crippen LogP contribution in [-0.2, 0) is 4.79 Å². The standard InChI is InChI=1S/C12H14N2O2/c1-3-5-10(4-2)11(8-13-9-15)12-14-6-7-16-12/h3-7,9,11H,1-2,8H2,(H,13,15)/b10-5+. The van der Waals surface area contributed by atoms with E-state index >= 15 is 0 Å². The average Bonchev–Trinajstić information content (AvgIpc) is 2.81. The first-order valence-corrected chi connectivity index (χ1v) is 4.85. The predicted octanol–water partition coefficient (Wildman–Crippen LogP) is 1.80. The number of hydrogen-bond donors (Lipinski definition) is 1. The van der Waals surface area contributed by atoms with Crippen LogP contribution in [0.5, 0.6) is 0 Å². The van der Waals surface area contributed by atoms with Crippen LogP contribution in [0, 0.1) is 0 Å². The summed E-state index contributed by atoms with van der Waals surface area (Å²) in [7, 11) is 0. The van der Waals surface area contributed by atoms with Crippen molar-refractivity contribution in [1.29, 1.82) is 0 Å². The van der Waals surface area contributed by atoms with E-state index in [9.17, 15) is 4.79 Å². The Labute approximate surface area is 94.4 Å². The molecule has 0 aliphatic rings. The summed E-state index contributed by atoms with van der Waals surface area (Å²) in [6.07, 6.45) is 8.88. The Bertz CT molecular complexity index is 380. The molecule has 1 N–H and O–H groups in total. The normalized spacial score (nSPS) is 12.9. The van der Waals surface area contributed by atoms with E-state index in [0.717, 1.165) is 5.57 Å². The van der Waals surface area contributed by atoms with Gasteiger partial charge in [-0.15, -0.1) is 0 Å². The third-order valence-electron chi connectivity index (χ3n) is 2.10. The Morgan fingerprint density at radius 1 is 1.62 bits per heavy atom. The number of carbonyl (C=O) groups is 1. The molecule has 84 valence electrons. The van der Waals surface area contributed by atoms with E-state index in [4.69, 9.17) is 4.42 Å². The van der Waals surface area contributed by atoms with E-state index in [-0.39, 0.29) is 5.92 Å². The minimum Gasteiger partial charge on any atom is -0.448 e. The minimum absolute atomic E-state index is 0.143. The zero-order valence-electron chi connectivity index (χ0n) is 8.93. The molecule has 16 heavy (non-hydrogen) atoms. The van der Waals surface area contributed by atoms with E-state index < -0.39 is 0 Å². The van der Waals surface area contributed by atoms with Gasteiger partial charge in [-0.3, -0.25) is 4.79 Å². The van der Waals surface area contributed by atoms with Crippen LogP contribution in [0.2, 0.25) is 0 Å². The van der Waals surface area contributed by atoms with Gasteiger partial charge in [-0.05, 0) is 5.57 Å². The largest absolute Gasteiger partial charge is 0.448 e. The molecule has 1 unspecified atom stereocenters. The number of allylic oxidation sites excluding steroid dienone is 3. The lowest BCUT2D eigenvalue weighted by Crippen LogP contribution is -2.21. The Morgan fingerprint density at radius 2 is 2.44 bits per heavy atom. The van der Waals surface area contributed by atoms with Gasteiger partial charge in [-0.25, -0.2) is 4.98 Å². The first-order chi connectivity index (χ1) is 7.83. The molecule has 0 saturated carbocycles. The van der Waals surface area contributed by atoms with Gasteiger partial charge in [0.05, 0.1) is 12.1 Å². The number of amides is 1. The maximum atomic E-state index is 10.3. The maximum Gasteiger partial charge on any atom is 0.207 e. The van der Waals surface area contributed by atoms with Crippen molar-refractivity contribution >= 4 is 6.41 Å². The molecule has 1 aromatic heterocycles. The molecule has 0 bridgehead atoms. The number of aromatic nitrogens is 1. The summed E-state index contributed by atoms with van der Waals surface area (Å²) in [6.45, 7) is 7.76. The highest BCUT2D eigenvalue weighted by molar-refractivity contribution is 5.46. The Balaban J connectivity index is 2.94. The molecule has 0 spiro atoms. The molecule has 0 aliphatic heterocycles. The minimum atomic E-state index is -0.143. The van der Waals surface area contributed by atoms with Crippen LogP contribution >= 0.6 is 0 Å². The van der Waals surface area contributed by atoms with Crippen LogP contribution < -0.4 is 5.32 Å². The molecule has 4 heteroatoms. The van der Waals surface area contributed by atoms with E-state index in [1.165, 1.54) is 6.26 Å². The summed E-state index contributed by atoms with van der Waals surface area (Å²) in [5.74, 6) is 0.401. The fourth-order valence-corrected chi connectivity index (χ4v) is 1.38. The maximum absolute atomic E-state index is 10.3. The van der Waals surface area contributed by atoms with Crippen LogP contribution in [0.25, 0.3) is 0 Å². The van der Waals surface area contributed by atoms with Gasteiger partial charge in [0.15, 0.2) is 0 Å². The number of nitrogens with one attached hydrogen (secondary N) is 1. The van der Waals surface area contributed by atoms with E-state index in [2.05, 4.69) is 23.5 Å². The van der Waals surface area contributed by atoms with Crippen molar-refractivity contribution in [3.8, 4) is 0 Å². The topological polar surface area (TPSA) is 55.1 Å². The Morgan fingerprint density at radius 3 is 2.94 bits per heavy atom. The van der Waals surface area contributed by atoms with Gasteiger partial charge < -0.3 is 9.73 Å². The van der Waals surface area contributed by atoms with Crippen LogP contribution in [0.4, 0.5) is 0 Å². The molecule has 1 rings (SSSR count). The molecule has 1 amide bonds. The third kappa shape index (κ3) is 2.95. The first-order valence-electron chi connectivity index (χ1n) is 4.85. The number of hydrogen-bond acceptors (Lipinski definition) is 3. The second kappa shape index (κ2) is 6.40. The van der Waals surface area contributed by atoms with Gasteiger partial charge in [-0.2, -0.15) is 0 Å². The van der Waals surface area contributed by atoms with Gasteiger partial charge in [0, 0.05) is 6.54 Å². The summed E-state index contributed by atoms with van der Waals surface area (Å²) in [5, 5.41) is 2.61. The number of rotatable bonds is 7. The summed E-state index contributed by atoms with van der Waals surface area (Å²) < 4.78 is 5.23. The predicted molar refractivity (Wildman–Crippen MR) is 61.8 cm³/mol. The van der Waals surface area contributed by atoms with E-state index in [1.54, 1.807) is 18.3 Å². The molecular formula is C12H14N2O2. The molecule has 1 heterocycles. The van der Waals surface area contributed by atoms with Gasteiger partial charge in [0.2, 0.25) is 12.3 Å². The van der Waals surface area contributed by atoms with Gasteiger partial charge in [0.1, 0.15) is 6.26 Å². The molecular weight excluding hydrogens is 204 g/mol. The summed E-state index contributed by atoms with van der Waals surface area (Å²) >= 11 is 0. The summed E-state index contributed by atoms with van der Waals surface area (Å²) in [6, 6.07) is 0. The SMILES string of the molecule is C=C/C=C(\C=C)C(CNC=O)c1ncco1. The van der Waals surface area contributed by atoms with Crippen molar-refractivity contribution in [2.24, 2.45) is 0 Å². The van der Waals surface area contributed by atoms with Crippen LogP contribution in [-0.4, -0.2) is 17.9 Å². The first kappa shape index (κ1) is 12.0. The molecule has 0 aromatic carbocycles. The fraction of sp³-hybridized carbons (Fsp3) is 0.167. The lowest BCUT2D eigenvalue weighted by Gasteiger charge is -2.13. The quantitative estimate of drug-likeness (QED) is 0.561. The highest BCUT2D eigenvalue weighted by atomic mass is 16.3. The lowest BCUT2D eigenvalue weighted by atomic mass is 9.98. The van der Waals surface area contributed by atoms with Gasteiger partial charge in [-0.1, -0.05) is 31.4 Å². The second-order valence-corrected chi connectivity index (χ2v) is 3.06. The van der Waals surface area contributed by atoms with E-state index in [0.29, 0.717) is 18.8 Å². The summed E-state index contributed by atoms with van der Waals surface area (Å²) in [5.41, 5.74) is 0.895. The second-order valence-electron chi connectivity index (χ2n) is 3.06. The van der Waals surface area contributed by atoms with E-state index in [1.807, 2.05) is 6.08 Å². The Hall–Kier alpha value is -2.10. The highest BCUT2D eigenvalue weighted by Gasteiger charge is 2.18. The van der Waals surface area contributed by atoms with Crippen molar-refractivity contribution < 1.29 is 9.21 Å². The van der Waals surface area contributed by atoms with Crippen LogP contribution in [0.3, 0.4) is 0 Å². The monoisotopic (exact) mass is 218 g/mol. The molecule has 0 aliphatic carbocycles. The van der Waals surface area contributed by atoms with Gasteiger partial charge in [0.25, 0.3) is 0 Å². The molecule has 1 aromatic rings. The van der Waals surface area contributed by atoms with Crippen molar-refractivity contribution in [3.05, 3.63) is 55.3 Å². The molecule has 0 fully saturated rings. The molecule has 0 radical (unpaired) electrons. The smallest absolute Gasteiger partial charge is 0.207 e. The van der Waals surface area contributed by atoms with Crippen molar-refractivity contribution in [2.75, 3.05) is 6.54 Å². The number of nitrogens with zero attached hydrogens (tertiary/aromatic N) is 1. The number of carbonyl (C=O) groups excluding carboxylic acids is 1. The number of oxazole rings is 1. The zero-order chi connectivity index (χ0) is 11.8. The Kier molecular flexibility index (Phi) is 4.79. The van der Waals surface area contributed by atoms with Gasteiger partial charge >= 0.3 is 0 Å². The van der Waals surface area contributed by atoms with Crippen molar-refractivity contribution in [1.82, 2.24) is 10.3 Å².